The van der Waals surface area contributed by atoms with E-state index in [-0.39, 0.29) is 18.2 Å². The van der Waals surface area contributed by atoms with E-state index in [9.17, 15) is 19.7 Å². The van der Waals surface area contributed by atoms with Crippen molar-refractivity contribution in [2.75, 3.05) is 11.9 Å². The molecule has 1 amide bonds. The zero-order valence-electron chi connectivity index (χ0n) is 20.0. The minimum Gasteiger partial charge on any atom is -0.444 e. The predicted octanol–water partition coefficient (Wildman–Crippen LogP) is 3.30. The van der Waals surface area contributed by atoms with Crippen LogP contribution in [0.2, 0.25) is 0 Å². The first kappa shape index (κ1) is 25.3. The Labute approximate surface area is 202 Å². The molecule has 11 heteroatoms. The summed E-state index contributed by atoms with van der Waals surface area (Å²) >= 11 is 0. The Morgan fingerprint density at radius 1 is 1.17 bits per heavy atom. The van der Waals surface area contributed by atoms with Gasteiger partial charge in [0.05, 0.1) is 11.0 Å². The Balaban J connectivity index is 1.90. The maximum Gasteiger partial charge on any atom is 0.407 e. The van der Waals surface area contributed by atoms with Crippen LogP contribution in [0.5, 0.6) is 0 Å². The molecule has 0 spiro atoms. The fourth-order valence-corrected chi connectivity index (χ4v) is 3.39. The van der Waals surface area contributed by atoms with Gasteiger partial charge in [0.15, 0.2) is 5.69 Å². The van der Waals surface area contributed by atoms with Gasteiger partial charge in [-0.3, -0.25) is 24.5 Å². The molecule has 3 rings (SSSR count). The molecule has 1 aromatic carbocycles. The first-order chi connectivity index (χ1) is 16.5. The average molecular weight is 481 g/mol. The van der Waals surface area contributed by atoms with Gasteiger partial charge in [0.1, 0.15) is 5.60 Å². The van der Waals surface area contributed by atoms with E-state index in [1.54, 1.807) is 32.9 Å². The molecule has 184 valence electrons. The molecule has 2 aromatic heterocycles. The largest absolute Gasteiger partial charge is 0.444 e. The van der Waals surface area contributed by atoms with Gasteiger partial charge in [-0.25, -0.2) is 9.78 Å². The molecule has 2 heterocycles. The summed E-state index contributed by atoms with van der Waals surface area (Å²) in [4.78, 5) is 44.5. The third kappa shape index (κ3) is 6.85. The van der Waals surface area contributed by atoms with Crippen molar-refractivity contribution in [3.63, 3.8) is 0 Å². The van der Waals surface area contributed by atoms with Gasteiger partial charge in [0, 0.05) is 31.5 Å². The van der Waals surface area contributed by atoms with Gasteiger partial charge >= 0.3 is 17.3 Å². The first-order valence-corrected chi connectivity index (χ1v) is 11.0. The van der Waals surface area contributed by atoms with Crippen LogP contribution in [-0.2, 0) is 18.2 Å². The van der Waals surface area contributed by atoms with Gasteiger partial charge in [-0.05, 0) is 44.9 Å². The molecular weight excluding hydrogens is 452 g/mol. The second-order valence-electron chi connectivity index (χ2n) is 8.90. The summed E-state index contributed by atoms with van der Waals surface area (Å²) in [6.07, 6.45) is 2.83. The second kappa shape index (κ2) is 10.8. The van der Waals surface area contributed by atoms with E-state index < -0.39 is 33.9 Å². The van der Waals surface area contributed by atoms with E-state index in [0.29, 0.717) is 12.0 Å². The number of carbonyl (C=O) groups excluding carboxylic acids is 1. The number of hydrogen-bond donors (Lipinski definition) is 2. The van der Waals surface area contributed by atoms with E-state index >= 15 is 0 Å². The Morgan fingerprint density at radius 2 is 1.83 bits per heavy atom. The second-order valence-corrected chi connectivity index (χ2v) is 8.90. The third-order valence-corrected chi connectivity index (χ3v) is 4.96. The van der Waals surface area contributed by atoms with Crippen molar-refractivity contribution >= 4 is 17.7 Å². The molecule has 0 fully saturated rings. The molecule has 11 nitrogen and oxygen atoms in total. The van der Waals surface area contributed by atoms with Crippen LogP contribution in [0.25, 0.3) is 11.3 Å². The molecule has 2 N–H and O–H groups in total. The summed E-state index contributed by atoms with van der Waals surface area (Å²) in [6, 6.07) is 12.2. The monoisotopic (exact) mass is 480 g/mol. The fourth-order valence-electron chi connectivity index (χ4n) is 3.39. The minimum absolute atomic E-state index is 0.0669. The van der Waals surface area contributed by atoms with E-state index in [4.69, 9.17) is 4.74 Å². The van der Waals surface area contributed by atoms with E-state index in [0.717, 1.165) is 10.1 Å². The van der Waals surface area contributed by atoms with Crippen molar-refractivity contribution in [2.24, 2.45) is 7.05 Å². The molecule has 0 bridgehead atoms. The lowest BCUT2D eigenvalue weighted by Gasteiger charge is -2.24. The van der Waals surface area contributed by atoms with Gasteiger partial charge in [0.2, 0.25) is 5.95 Å². The van der Waals surface area contributed by atoms with E-state index in [1.165, 1.54) is 19.4 Å². The minimum atomic E-state index is -0.806. The highest BCUT2D eigenvalue weighted by Gasteiger charge is 2.26. The van der Waals surface area contributed by atoms with Crippen LogP contribution in [0.1, 0.15) is 26.3 Å². The van der Waals surface area contributed by atoms with Crippen molar-refractivity contribution in [2.45, 2.75) is 38.8 Å². The summed E-state index contributed by atoms with van der Waals surface area (Å²) in [5.74, 6) is 0.122. The highest BCUT2D eigenvalue weighted by atomic mass is 16.6. The van der Waals surface area contributed by atoms with E-state index in [1.807, 2.05) is 30.3 Å². The van der Waals surface area contributed by atoms with Crippen LogP contribution in [0.3, 0.4) is 0 Å². The molecule has 0 radical (unpaired) electrons. The summed E-state index contributed by atoms with van der Waals surface area (Å²) in [7, 11) is 1.40. The van der Waals surface area contributed by atoms with Crippen LogP contribution in [0, 0.1) is 10.1 Å². The summed E-state index contributed by atoms with van der Waals surface area (Å²) in [5.41, 5.74) is -0.796. The smallest absolute Gasteiger partial charge is 0.407 e. The number of ether oxygens (including phenoxy) is 1. The SMILES string of the molecule is Cn1c(NCC(Cc2ccccc2)NC(=O)OC(C)(C)C)nc(-c2ccncc2)c([N+](=O)[O-])c1=O. The number of nitro groups is 1. The van der Waals surface area contributed by atoms with Crippen molar-refractivity contribution in [1.29, 1.82) is 0 Å². The topological polar surface area (TPSA) is 141 Å². The average Bonchev–Trinajstić information content (AvgIpc) is 2.79. The lowest BCUT2D eigenvalue weighted by molar-refractivity contribution is -0.386. The molecule has 0 saturated heterocycles. The van der Waals surface area contributed by atoms with Crippen molar-refractivity contribution < 1.29 is 14.5 Å². The molecule has 3 aromatic rings. The van der Waals surface area contributed by atoms with Crippen LogP contribution >= 0.6 is 0 Å². The fraction of sp³-hybridized carbons (Fsp3) is 0.333. The zero-order chi connectivity index (χ0) is 25.6. The number of pyridine rings is 1. The van der Waals surface area contributed by atoms with Gasteiger partial charge in [-0.1, -0.05) is 30.3 Å². The Bertz CT molecular complexity index is 1240. The lowest BCUT2D eigenvalue weighted by Crippen LogP contribution is -2.44. The molecule has 0 aliphatic heterocycles. The highest BCUT2D eigenvalue weighted by Crippen LogP contribution is 2.25. The number of anilines is 1. The number of carbonyl (C=O) groups is 1. The number of alkyl carbamates (subject to hydrolysis) is 1. The first-order valence-electron chi connectivity index (χ1n) is 11.0. The van der Waals surface area contributed by atoms with Crippen LogP contribution in [0.4, 0.5) is 16.4 Å². The van der Waals surface area contributed by atoms with Gasteiger partial charge in [-0.15, -0.1) is 0 Å². The normalized spacial score (nSPS) is 12.0. The van der Waals surface area contributed by atoms with Gasteiger partial charge < -0.3 is 15.4 Å². The van der Waals surface area contributed by atoms with E-state index in [2.05, 4.69) is 20.6 Å². The van der Waals surface area contributed by atoms with Crippen molar-refractivity contribution in [3.8, 4) is 11.3 Å². The van der Waals surface area contributed by atoms with Crippen LogP contribution < -0.4 is 16.2 Å². The van der Waals surface area contributed by atoms with Crippen molar-refractivity contribution in [3.05, 3.63) is 80.9 Å². The molecule has 35 heavy (non-hydrogen) atoms. The lowest BCUT2D eigenvalue weighted by atomic mass is 10.1. The van der Waals surface area contributed by atoms with Crippen LogP contribution in [0.15, 0.2) is 59.7 Å². The predicted molar refractivity (Wildman–Crippen MR) is 131 cm³/mol. The quantitative estimate of drug-likeness (QED) is 0.369. The Morgan fingerprint density at radius 3 is 2.43 bits per heavy atom. The molecule has 1 unspecified atom stereocenters. The van der Waals surface area contributed by atoms with Gasteiger partial charge in [-0.2, -0.15) is 0 Å². The summed E-state index contributed by atoms with van der Waals surface area (Å²) in [5, 5.41) is 17.5. The van der Waals surface area contributed by atoms with Crippen LogP contribution in [-0.4, -0.2) is 43.7 Å². The third-order valence-electron chi connectivity index (χ3n) is 4.96. The summed E-state index contributed by atoms with van der Waals surface area (Å²) < 4.78 is 6.47. The zero-order valence-corrected chi connectivity index (χ0v) is 20.0. The maximum absolute atomic E-state index is 12.8. The van der Waals surface area contributed by atoms with Gasteiger partial charge in [0.25, 0.3) is 0 Å². The number of amides is 1. The number of nitrogens with one attached hydrogen (secondary N) is 2. The molecule has 0 aliphatic carbocycles. The molecule has 0 saturated carbocycles. The number of benzene rings is 1. The maximum atomic E-state index is 12.8. The Kier molecular flexibility index (Phi) is 7.80. The standard InChI is InChI=1S/C24H28N6O5/c1-24(2,3)35-23(32)27-18(14-16-8-6-5-7-9-16)15-26-22-28-19(17-10-12-25-13-11-17)20(30(33)34)21(31)29(22)4/h5-13,18H,14-15H2,1-4H3,(H,26,28)(H,27,32). The number of nitrogens with zero attached hydrogens (tertiary/aromatic N) is 4. The molecule has 1 atom stereocenters. The van der Waals surface area contributed by atoms with Crippen molar-refractivity contribution in [1.82, 2.24) is 19.9 Å². The molecular formula is C24H28N6O5. The summed E-state index contributed by atoms with van der Waals surface area (Å²) in [6.45, 7) is 5.50. The molecule has 0 aliphatic rings. The Hall–Kier alpha value is -4.28. The number of hydrogen-bond acceptors (Lipinski definition) is 8. The number of rotatable bonds is 8. The highest BCUT2D eigenvalue weighted by molar-refractivity contribution is 5.70. The number of aromatic nitrogens is 3.